The minimum atomic E-state index is -4.65. The van der Waals surface area contributed by atoms with Crippen molar-refractivity contribution in [2.24, 2.45) is 20.0 Å². The molecule has 8 aromatic carbocycles. The third kappa shape index (κ3) is 8.64. The standard InChI is InChI=1S/2C26H14F6N2/c2*27-25(28,29)18-11-1-3-13-20(18)33-23-16-9-5-7-15-8-6-10-17(22(15)16)24(23)34-21-14-4-2-12-19(21)26(30,31)32/h2*1-14H. The van der Waals surface area contributed by atoms with Crippen molar-refractivity contribution < 1.29 is 52.7 Å². The number of hydrogen-bond donors (Lipinski definition) is 0. The molecule has 0 aromatic heterocycles. The van der Waals surface area contributed by atoms with E-state index in [4.69, 9.17) is 0 Å². The number of halogens is 12. The first-order chi connectivity index (χ1) is 32.3. The van der Waals surface area contributed by atoms with Crippen LogP contribution in [0.3, 0.4) is 0 Å². The molecule has 0 fully saturated rings. The molecule has 0 bridgehead atoms. The van der Waals surface area contributed by atoms with Crippen LogP contribution in [0.1, 0.15) is 44.5 Å². The Balaban J connectivity index is 0.000000170. The highest BCUT2D eigenvalue weighted by molar-refractivity contribution is 6.62. The molecular formula is C52H28F12N4. The fourth-order valence-corrected chi connectivity index (χ4v) is 8.16. The van der Waals surface area contributed by atoms with E-state index in [2.05, 4.69) is 20.0 Å². The lowest BCUT2D eigenvalue weighted by Crippen LogP contribution is -2.12. The van der Waals surface area contributed by atoms with Gasteiger partial charge < -0.3 is 0 Å². The average molecular weight is 937 g/mol. The SMILES string of the molecule is FC(F)(F)c1ccccc1N=C1C(=Nc2ccccc2C(F)(F)F)c2cccc3cccc1c23.FC(F)(F)c1ccccc1N=C1C(=Nc2ccccc2C(F)(F)F)c2cccc3cccc1c23. The van der Waals surface area contributed by atoms with Gasteiger partial charge in [0.15, 0.2) is 0 Å². The fourth-order valence-electron chi connectivity index (χ4n) is 8.16. The van der Waals surface area contributed by atoms with Gasteiger partial charge in [-0.3, -0.25) is 0 Å². The Hall–Kier alpha value is -7.88. The smallest absolute Gasteiger partial charge is 0.245 e. The Bertz CT molecular complexity index is 2970. The molecule has 68 heavy (non-hydrogen) atoms. The normalized spacial score (nSPS) is 16.1. The van der Waals surface area contributed by atoms with Crippen LogP contribution in [-0.2, 0) is 24.7 Å². The van der Waals surface area contributed by atoms with Gasteiger partial charge in [0.1, 0.15) is 0 Å². The van der Waals surface area contributed by atoms with Gasteiger partial charge in [0.2, 0.25) is 0 Å². The van der Waals surface area contributed by atoms with Crippen LogP contribution in [0, 0.1) is 0 Å². The lowest BCUT2D eigenvalue weighted by Gasteiger charge is -2.12. The minimum absolute atomic E-state index is 0.0838. The van der Waals surface area contributed by atoms with Crippen LogP contribution in [0.5, 0.6) is 0 Å². The lowest BCUT2D eigenvalue weighted by molar-refractivity contribution is -0.137. The number of benzene rings is 8. The summed E-state index contributed by atoms with van der Waals surface area (Å²) in [4.78, 5) is 17.3. The molecule has 0 radical (unpaired) electrons. The fraction of sp³-hybridized carbons (Fsp3) is 0.0769. The van der Waals surface area contributed by atoms with Crippen molar-refractivity contribution in [3.05, 3.63) is 214 Å². The van der Waals surface area contributed by atoms with Crippen molar-refractivity contribution in [1.29, 1.82) is 0 Å². The molecule has 8 aromatic rings. The van der Waals surface area contributed by atoms with Gasteiger partial charge in [0.05, 0.1) is 67.9 Å². The maximum Gasteiger partial charge on any atom is 0.418 e. The number of alkyl halides is 12. The van der Waals surface area contributed by atoms with Crippen LogP contribution in [0.15, 0.2) is 190 Å². The number of rotatable bonds is 4. The van der Waals surface area contributed by atoms with E-state index in [0.29, 0.717) is 33.0 Å². The highest BCUT2D eigenvalue weighted by Gasteiger charge is 2.38. The Morgan fingerprint density at radius 2 is 0.441 bits per heavy atom. The summed E-state index contributed by atoms with van der Waals surface area (Å²) in [6.45, 7) is 0. The van der Waals surface area contributed by atoms with E-state index < -0.39 is 47.0 Å². The number of aliphatic imine (C=N–C) groups is 4. The van der Waals surface area contributed by atoms with Gasteiger partial charge in [-0.05, 0) is 59.3 Å². The van der Waals surface area contributed by atoms with Gasteiger partial charge in [0, 0.05) is 33.0 Å². The highest BCUT2D eigenvalue weighted by atomic mass is 19.4. The van der Waals surface area contributed by atoms with E-state index in [1.54, 1.807) is 48.5 Å². The maximum atomic E-state index is 13.6. The summed E-state index contributed by atoms with van der Waals surface area (Å²) in [5.74, 6) is 0. The van der Waals surface area contributed by atoms with E-state index in [9.17, 15) is 52.7 Å². The van der Waals surface area contributed by atoms with Crippen LogP contribution in [-0.4, -0.2) is 22.8 Å². The summed E-state index contributed by atoms with van der Waals surface area (Å²) in [6.07, 6.45) is -18.6. The highest BCUT2D eigenvalue weighted by Crippen LogP contribution is 2.43. The molecule has 0 spiro atoms. The molecule has 0 aliphatic heterocycles. The minimum Gasteiger partial charge on any atom is -0.245 e. The van der Waals surface area contributed by atoms with E-state index >= 15 is 0 Å². The van der Waals surface area contributed by atoms with Crippen molar-refractivity contribution in [3.63, 3.8) is 0 Å². The molecule has 16 heteroatoms. The zero-order valence-electron chi connectivity index (χ0n) is 34.5. The van der Waals surface area contributed by atoms with Crippen molar-refractivity contribution in [3.8, 4) is 0 Å². The molecule has 0 amide bonds. The quantitative estimate of drug-likeness (QED) is 0.158. The molecule has 0 N–H and O–H groups in total. The van der Waals surface area contributed by atoms with Gasteiger partial charge in [-0.1, -0.05) is 121 Å². The Morgan fingerprint density at radius 3 is 0.647 bits per heavy atom. The van der Waals surface area contributed by atoms with Crippen molar-refractivity contribution in [2.45, 2.75) is 24.7 Å². The van der Waals surface area contributed by atoms with E-state index in [1.807, 2.05) is 24.3 Å². The van der Waals surface area contributed by atoms with Gasteiger partial charge in [0.25, 0.3) is 0 Å². The Kier molecular flexibility index (Phi) is 11.4. The second-order valence-electron chi connectivity index (χ2n) is 15.3. The summed E-state index contributed by atoms with van der Waals surface area (Å²) in [6, 6.07) is 40.1. The molecule has 10 rings (SSSR count). The van der Waals surface area contributed by atoms with Crippen molar-refractivity contribution in [2.75, 3.05) is 0 Å². The first-order valence-electron chi connectivity index (χ1n) is 20.3. The Labute approximate surface area is 378 Å². The molecule has 2 aliphatic rings. The maximum absolute atomic E-state index is 13.6. The molecule has 2 aliphatic carbocycles. The summed E-state index contributed by atoms with van der Waals surface area (Å²) >= 11 is 0. The topological polar surface area (TPSA) is 49.4 Å². The molecular weight excluding hydrogens is 909 g/mol. The molecule has 0 saturated carbocycles. The molecule has 0 heterocycles. The number of para-hydroxylation sites is 4. The van der Waals surface area contributed by atoms with Crippen LogP contribution in [0.25, 0.3) is 21.5 Å². The molecule has 0 saturated heterocycles. The summed E-state index contributed by atoms with van der Waals surface area (Å²) in [5, 5.41) is 2.91. The van der Waals surface area contributed by atoms with Crippen LogP contribution < -0.4 is 0 Å². The van der Waals surface area contributed by atoms with Crippen LogP contribution in [0.2, 0.25) is 0 Å². The van der Waals surface area contributed by atoms with E-state index in [0.717, 1.165) is 35.0 Å². The largest absolute Gasteiger partial charge is 0.418 e. The van der Waals surface area contributed by atoms with Crippen molar-refractivity contribution >= 4 is 67.1 Å². The van der Waals surface area contributed by atoms with E-state index in [-0.39, 0.29) is 45.6 Å². The van der Waals surface area contributed by atoms with Gasteiger partial charge in [-0.25, -0.2) is 20.0 Å². The zero-order valence-corrected chi connectivity index (χ0v) is 34.5. The van der Waals surface area contributed by atoms with E-state index in [1.165, 1.54) is 72.8 Å². The monoisotopic (exact) mass is 936 g/mol. The van der Waals surface area contributed by atoms with Gasteiger partial charge >= 0.3 is 24.7 Å². The summed E-state index contributed by atoms with van der Waals surface area (Å²) < 4.78 is 163. The predicted molar refractivity (Wildman–Crippen MR) is 238 cm³/mol. The lowest BCUT2D eigenvalue weighted by atomic mass is 10.1. The zero-order chi connectivity index (χ0) is 48.2. The second kappa shape index (κ2) is 17.1. The number of nitrogens with zero attached hydrogens (tertiary/aromatic N) is 4. The molecule has 4 nitrogen and oxygen atoms in total. The first-order valence-corrected chi connectivity index (χ1v) is 20.3. The van der Waals surface area contributed by atoms with Crippen LogP contribution >= 0.6 is 0 Å². The average Bonchev–Trinajstić information content (AvgIpc) is 3.75. The summed E-state index contributed by atoms with van der Waals surface area (Å²) in [5.41, 5.74) is -2.77. The van der Waals surface area contributed by atoms with Crippen molar-refractivity contribution in [1.82, 2.24) is 0 Å². The molecule has 340 valence electrons. The van der Waals surface area contributed by atoms with Gasteiger partial charge in [-0.15, -0.1) is 0 Å². The predicted octanol–water partition coefficient (Wildman–Crippen LogP) is 16.3. The second-order valence-corrected chi connectivity index (χ2v) is 15.3. The Morgan fingerprint density at radius 1 is 0.235 bits per heavy atom. The molecule has 0 atom stereocenters. The third-order valence-electron chi connectivity index (χ3n) is 11.0. The summed E-state index contributed by atoms with van der Waals surface area (Å²) in [7, 11) is 0. The van der Waals surface area contributed by atoms with Crippen LogP contribution in [0.4, 0.5) is 75.4 Å². The first kappa shape index (κ1) is 45.3. The van der Waals surface area contributed by atoms with Gasteiger partial charge in [-0.2, -0.15) is 52.7 Å². The number of hydrogen-bond acceptors (Lipinski definition) is 4. The molecule has 0 unspecified atom stereocenters. The third-order valence-corrected chi connectivity index (χ3v) is 11.0.